The monoisotopic (exact) mass is 350 g/mol. The molecule has 2 aliphatic rings. The smallest absolute Gasteiger partial charge is 0.328 e. The number of esters is 1. The van der Waals surface area contributed by atoms with Crippen molar-refractivity contribution < 1.29 is 24.2 Å². The van der Waals surface area contributed by atoms with Crippen molar-refractivity contribution in [2.75, 3.05) is 25.2 Å². The average molecular weight is 350 g/mol. The largest absolute Gasteiger partial charge is 0.467 e. The highest BCUT2D eigenvalue weighted by molar-refractivity contribution is 7.99. The summed E-state index contributed by atoms with van der Waals surface area (Å²) < 4.78 is 4.69. The van der Waals surface area contributed by atoms with Gasteiger partial charge in [0.2, 0.25) is 5.91 Å². The molecule has 1 saturated heterocycles. The van der Waals surface area contributed by atoms with Gasteiger partial charge >= 0.3 is 5.97 Å². The molecule has 7 nitrogen and oxygen atoms in total. The van der Waals surface area contributed by atoms with Crippen LogP contribution in [0.5, 0.6) is 0 Å². The molecule has 0 bridgehead atoms. The van der Waals surface area contributed by atoms with E-state index in [0.717, 1.165) is 0 Å². The van der Waals surface area contributed by atoms with Crippen LogP contribution in [0.3, 0.4) is 0 Å². The lowest BCUT2D eigenvalue weighted by Gasteiger charge is -2.35. The van der Waals surface area contributed by atoms with Gasteiger partial charge in [0.25, 0.3) is 5.91 Å². The molecule has 128 valence electrons. The van der Waals surface area contributed by atoms with Crippen LogP contribution in [0.2, 0.25) is 0 Å². The first-order valence-corrected chi connectivity index (χ1v) is 8.71. The van der Waals surface area contributed by atoms with E-state index in [1.807, 2.05) is 0 Å². The third-order valence-electron chi connectivity index (χ3n) is 4.26. The minimum atomic E-state index is -1.52. The summed E-state index contributed by atoms with van der Waals surface area (Å²) in [5.41, 5.74) is -0.606. The Balaban J connectivity index is 1.90. The van der Waals surface area contributed by atoms with E-state index in [1.54, 1.807) is 24.3 Å². The second-order valence-electron chi connectivity index (χ2n) is 5.74. The first-order chi connectivity index (χ1) is 11.5. The number of benzene rings is 1. The molecule has 0 aromatic heterocycles. The number of ether oxygens (including phenoxy) is 1. The lowest BCUT2D eigenvalue weighted by atomic mass is 10.0. The van der Waals surface area contributed by atoms with Crippen molar-refractivity contribution in [2.45, 2.75) is 18.2 Å². The van der Waals surface area contributed by atoms with Gasteiger partial charge in [-0.3, -0.25) is 14.5 Å². The molecular weight excluding hydrogens is 332 g/mol. The van der Waals surface area contributed by atoms with Crippen molar-refractivity contribution in [1.82, 2.24) is 10.2 Å². The van der Waals surface area contributed by atoms with Crippen molar-refractivity contribution in [2.24, 2.45) is 0 Å². The third kappa shape index (κ3) is 2.76. The number of methoxy groups -OCH3 is 1. The topological polar surface area (TPSA) is 95.9 Å². The van der Waals surface area contributed by atoms with Gasteiger partial charge in [0.15, 0.2) is 5.72 Å². The number of fused-ring (bicyclic) bond motifs is 3. The SMILES string of the molecule is COC(=O)[C@@H]1CCSC[C@@]2(O)c3ccccc3C(=O)N2CC(=O)N1. The van der Waals surface area contributed by atoms with Crippen LogP contribution in [0.15, 0.2) is 24.3 Å². The van der Waals surface area contributed by atoms with Gasteiger partial charge in [0.1, 0.15) is 12.6 Å². The van der Waals surface area contributed by atoms with E-state index < -0.39 is 23.6 Å². The number of hydrogen-bond acceptors (Lipinski definition) is 6. The maximum absolute atomic E-state index is 12.6. The van der Waals surface area contributed by atoms with Gasteiger partial charge in [-0.05, 0) is 18.2 Å². The molecule has 0 spiro atoms. The van der Waals surface area contributed by atoms with Crippen molar-refractivity contribution in [1.29, 1.82) is 0 Å². The standard InChI is InChI=1S/C16H18N2O5S/c1-23-15(21)12-6-7-24-9-16(22)11-5-3-2-4-10(11)14(20)18(16)8-13(19)17-12/h2-5,12,22H,6-9H2,1H3,(H,17,19)/t12-,16+/m0/s1. The minimum absolute atomic E-state index is 0.233. The molecule has 1 aromatic carbocycles. The van der Waals surface area contributed by atoms with E-state index >= 15 is 0 Å². The molecular formula is C16H18N2O5S. The van der Waals surface area contributed by atoms with E-state index in [4.69, 9.17) is 4.74 Å². The highest BCUT2D eigenvalue weighted by Crippen LogP contribution is 2.39. The van der Waals surface area contributed by atoms with Crippen molar-refractivity contribution in [3.8, 4) is 0 Å². The average Bonchev–Trinajstić information content (AvgIpc) is 2.79. The highest BCUT2D eigenvalue weighted by Gasteiger charge is 2.49. The Morgan fingerprint density at radius 2 is 2.17 bits per heavy atom. The fourth-order valence-corrected chi connectivity index (χ4v) is 4.17. The van der Waals surface area contributed by atoms with Gasteiger partial charge in [-0.2, -0.15) is 11.8 Å². The number of carbonyl (C=O) groups is 3. The summed E-state index contributed by atoms with van der Waals surface area (Å²) in [6.45, 7) is -0.321. The quantitative estimate of drug-likeness (QED) is 0.697. The number of aliphatic hydroxyl groups is 1. The molecule has 2 heterocycles. The zero-order valence-electron chi connectivity index (χ0n) is 13.2. The summed E-state index contributed by atoms with van der Waals surface area (Å²) in [7, 11) is 1.26. The number of nitrogens with zero attached hydrogens (tertiary/aromatic N) is 1. The zero-order valence-corrected chi connectivity index (χ0v) is 14.0. The summed E-state index contributed by atoms with van der Waals surface area (Å²) in [5, 5.41) is 13.7. The van der Waals surface area contributed by atoms with E-state index in [-0.39, 0.29) is 18.2 Å². The predicted octanol–water partition coefficient (Wildman–Crippen LogP) is 0.0822. The van der Waals surface area contributed by atoms with Gasteiger partial charge in [-0.1, -0.05) is 18.2 Å². The molecule has 2 amide bonds. The molecule has 8 heteroatoms. The maximum Gasteiger partial charge on any atom is 0.328 e. The first kappa shape index (κ1) is 16.8. The van der Waals surface area contributed by atoms with Gasteiger partial charge in [0.05, 0.1) is 7.11 Å². The van der Waals surface area contributed by atoms with Crippen LogP contribution in [0.25, 0.3) is 0 Å². The van der Waals surface area contributed by atoms with Gasteiger partial charge < -0.3 is 15.2 Å². The van der Waals surface area contributed by atoms with E-state index in [9.17, 15) is 19.5 Å². The molecule has 0 radical (unpaired) electrons. The zero-order chi connectivity index (χ0) is 17.3. The molecule has 2 N–H and O–H groups in total. The summed E-state index contributed by atoms with van der Waals surface area (Å²) in [6.07, 6.45) is 0.398. The number of amides is 2. The number of hydrogen-bond donors (Lipinski definition) is 2. The fourth-order valence-electron chi connectivity index (χ4n) is 3.03. The lowest BCUT2D eigenvalue weighted by Crippen LogP contribution is -2.53. The van der Waals surface area contributed by atoms with Crippen LogP contribution < -0.4 is 5.32 Å². The summed E-state index contributed by atoms with van der Waals surface area (Å²) >= 11 is 1.42. The number of nitrogens with one attached hydrogen (secondary N) is 1. The van der Waals surface area contributed by atoms with Crippen molar-refractivity contribution >= 4 is 29.5 Å². The molecule has 24 heavy (non-hydrogen) atoms. The predicted molar refractivity (Wildman–Crippen MR) is 87.3 cm³/mol. The molecule has 2 atom stereocenters. The summed E-state index contributed by atoms with van der Waals surface area (Å²) in [5.74, 6) is -0.643. The molecule has 2 aliphatic heterocycles. The second kappa shape index (κ2) is 6.45. The molecule has 3 rings (SSSR count). The molecule has 0 aliphatic carbocycles. The second-order valence-corrected chi connectivity index (χ2v) is 6.84. The van der Waals surface area contributed by atoms with Crippen LogP contribution in [-0.2, 0) is 20.1 Å². The Morgan fingerprint density at radius 1 is 1.42 bits per heavy atom. The van der Waals surface area contributed by atoms with Gasteiger partial charge in [0, 0.05) is 16.9 Å². The van der Waals surface area contributed by atoms with Gasteiger partial charge in [-0.15, -0.1) is 0 Å². The summed E-state index contributed by atoms with van der Waals surface area (Å²) in [6, 6.07) is 6.07. The van der Waals surface area contributed by atoms with Crippen molar-refractivity contribution in [3.05, 3.63) is 35.4 Å². The molecule has 1 aromatic rings. The van der Waals surface area contributed by atoms with Crippen LogP contribution in [0.1, 0.15) is 22.3 Å². The van der Waals surface area contributed by atoms with Crippen LogP contribution >= 0.6 is 11.8 Å². The Morgan fingerprint density at radius 3 is 2.92 bits per heavy atom. The fraction of sp³-hybridized carbons (Fsp3) is 0.438. The van der Waals surface area contributed by atoms with E-state index in [0.29, 0.717) is 23.3 Å². The maximum atomic E-state index is 12.6. The Kier molecular flexibility index (Phi) is 4.51. The van der Waals surface area contributed by atoms with Gasteiger partial charge in [-0.25, -0.2) is 4.79 Å². The number of thioether (sulfide) groups is 1. The molecule has 1 fully saturated rings. The highest BCUT2D eigenvalue weighted by atomic mass is 32.2. The van der Waals surface area contributed by atoms with Crippen LogP contribution in [-0.4, -0.2) is 59.0 Å². The summed E-state index contributed by atoms with van der Waals surface area (Å²) in [4.78, 5) is 37.8. The third-order valence-corrected chi connectivity index (χ3v) is 5.39. The number of rotatable bonds is 1. The minimum Gasteiger partial charge on any atom is -0.467 e. The van der Waals surface area contributed by atoms with Crippen LogP contribution in [0, 0.1) is 0 Å². The Hall–Kier alpha value is -2.06. The normalized spacial score (nSPS) is 27.1. The number of carbonyl (C=O) groups excluding carboxylic acids is 3. The molecule has 0 unspecified atom stereocenters. The molecule has 0 saturated carbocycles. The van der Waals surface area contributed by atoms with E-state index in [2.05, 4.69) is 5.32 Å². The van der Waals surface area contributed by atoms with Crippen molar-refractivity contribution in [3.63, 3.8) is 0 Å². The first-order valence-electron chi connectivity index (χ1n) is 7.56. The van der Waals surface area contributed by atoms with E-state index in [1.165, 1.54) is 23.8 Å². The Bertz CT molecular complexity index is 695. The Labute approximate surface area is 143 Å². The lowest BCUT2D eigenvalue weighted by molar-refractivity contribution is -0.145. The van der Waals surface area contributed by atoms with Crippen LogP contribution in [0.4, 0.5) is 0 Å².